The maximum Gasteiger partial charge on any atom is 0.191 e. The molecule has 2 N–H and O–H groups in total. The monoisotopic (exact) mass is 466 g/mol. The summed E-state index contributed by atoms with van der Waals surface area (Å²) in [6, 6.07) is 18.0. The highest BCUT2D eigenvalue weighted by Crippen LogP contribution is 2.16. The van der Waals surface area contributed by atoms with Crippen LogP contribution >= 0.6 is 35.6 Å². The molecule has 1 aromatic heterocycles. The summed E-state index contributed by atoms with van der Waals surface area (Å²) in [5.74, 6) is 0.725. The minimum Gasteiger partial charge on any atom is -0.352 e. The Morgan fingerprint density at radius 2 is 1.64 bits per heavy atom. The van der Waals surface area contributed by atoms with Crippen molar-refractivity contribution in [1.82, 2.24) is 15.6 Å². The van der Waals surface area contributed by atoms with Gasteiger partial charge in [0.05, 0.1) is 5.52 Å². The molecule has 3 aromatic rings. The second-order valence-corrected chi connectivity index (χ2v) is 5.77. The summed E-state index contributed by atoms with van der Waals surface area (Å²) < 4.78 is 0. The van der Waals surface area contributed by atoms with E-state index in [1.165, 1.54) is 0 Å². The van der Waals surface area contributed by atoms with Crippen LogP contribution in [-0.2, 0) is 13.1 Å². The van der Waals surface area contributed by atoms with Crippen molar-refractivity contribution >= 4 is 52.4 Å². The number of fused-ring (bicyclic) bond motifs is 1. The molecule has 130 valence electrons. The number of guanidine groups is 1. The second kappa shape index (κ2) is 9.58. The van der Waals surface area contributed by atoms with E-state index in [0.717, 1.165) is 33.0 Å². The SMILES string of the molecule is CN=C(NCc1ccccc1Cl)NCc1cccc2cccnc12.I. The average Bonchev–Trinajstić information content (AvgIpc) is 2.63. The molecule has 3 rings (SSSR count). The predicted molar refractivity (Wildman–Crippen MR) is 116 cm³/mol. The van der Waals surface area contributed by atoms with E-state index >= 15 is 0 Å². The minimum atomic E-state index is 0. The zero-order chi connectivity index (χ0) is 16.8. The lowest BCUT2D eigenvalue weighted by Gasteiger charge is -2.13. The molecule has 0 radical (unpaired) electrons. The topological polar surface area (TPSA) is 49.3 Å². The van der Waals surface area contributed by atoms with E-state index in [1.807, 2.05) is 42.6 Å². The smallest absolute Gasteiger partial charge is 0.191 e. The first-order valence-corrected chi connectivity index (χ1v) is 8.16. The standard InChI is InChI=1S/C19H19ClN4.HI/c1-21-19(23-12-15-6-2-3-10-17(15)20)24-13-16-8-4-7-14-9-5-11-22-18(14)16;/h2-11H,12-13H2,1H3,(H2,21,23,24);1H. The molecule has 0 unspecified atom stereocenters. The van der Waals surface area contributed by atoms with Gasteiger partial charge in [-0.1, -0.05) is 54.1 Å². The van der Waals surface area contributed by atoms with E-state index in [9.17, 15) is 0 Å². The molecule has 0 saturated heterocycles. The summed E-state index contributed by atoms with van der Waals surface area (Å²) in [5.41, 5.74) is 3.18. The van der Waals surface area contributed by atoms with Crippen LogP contribution in [0.5, 0.6) is 0 Å². The molecular formula is C19H20ClIN4. The molecule has 1 heterocycles. The fourth-order valence-electron chi connectivity index (χ4n) is 2.53. The van der Waals surface area contributed by atoms with Crippen LogP contribution in [0.2, 0.25) is 5.02 Å². The Labute approximate surface area is 169 Å². The van der Waals surface area contributed by atoms with Gasteiger partial charge in [0.25, 0.3) is 0 Å². The van der Waals surface area contributed by atoms with Crippen LogP contribution < -0.4 is 10.6 Å². The number of hydrogen-bond donors (Lipinski definition) is 2. The first-order valence-electron chi connectivity index (χ1n) is 7.78. The van der Waals surface area contributed by atoms with Gasteiger partial charge in [0.1, 0.15) is 0 Å². The molecule has 0 aliphatic carbocycles. The third-order valence-electron chi connectivity index (χ3n) is 3.79. The molecule has 0 amide bonds. The summed E-state index contributed by atoms with van der Waals surface area (Å²) in [7, 11) is 1.75. The maximum absolute atomic E-state index is 6.18. The van der Waals surface area contributed by atoms with Crippen molar-refractivity contribution in [3.63, 3.8) is 0 Å². The predicted octanol–water partition coefficient (Wildman–Crippen LogP) is 4.37. The van der Waals surface area contributed by atoms with Gasteiger partial charge in [-0.05, 0) is 23.3 Å². The molecule has 0 aliphatic heterocycles. The quantitative estimate of drug-likeness (QED) is 0.341. The van der Waals surface area contributed by atoms with Gasteiger partial charge < -0.3 is 10.6 Å². The van der Waals surface area contributed by atoms with Gasteiger partial charge in [-0.15, -0.1) is 24.0 Å². The molecule has 6 heteroatoms. The number of hydrogen-bond acceptors (Lipinski definition) is 2. The normalized spacial score (nSPS) is 11.0. The largest absolute Gasteiger partial charge is 0.352 e. The van der Waals surface area contributed by atoms with E-state index in [0.29, 0.717) is 13.1 Å². The molecule has 0 bridgehead atoms. The highest BCUT2D eigenvalue weighted by molar-refractivity contribution is 14.0. The molecule has 0 atom stereocenters. The molecule has 0 spiro atoms. The summed E-state index contributed by atoms with van der Waals surface area (Å²) in [6.45, 7) is 1.27. The highest BCUT2D eigenvalue weighted by atomic mass is 127. The second-order valence-electron chi connectivity index (χ2n) is 5.36. The number of halogens is 2. The van der Waals surface area contributed by atoms with Crippen LogP contribution in [0.15, 0.2) is 65.8 Å². The molecule has 0 fully saturated rings. The Balaban J connectivity index is 0.00000225. The average molecular weight is 467 g/mol. The van der Waals surface area contributed by atoms with E-state index < -0.39 is 0 Å². The molecule has 25 heavy (non-hydrogen) atoms. The highest BCUT2D eigenvalue weighted by Gasteiger charge is 2.04. The molecule has 0 aliphatic rings. The zero-order valence-corrected chi connectivity index (χ0v) is 17.0. The Morgan fingerprint density at radius 3 is 2.40 bits per heavy atom. The van der Waals surface area contributed by atoms with Gasteiger partial charge >= 0.3 is 0 Å². The number of para-hydroxylation sites is 1. The number of benzene rings is 2. The van der Waals surface area contributed by atoms with E-state index in [1.54, 1.807) is 7.05 Å². The third-order valence-corrected chi connectivity index (χ3v) is 4.16. The first kappa shape index (κ1) is 19.5. The van der Waals surface area contributed by atoms with Crippen LogP contribution in [0, 0.1) is 0 Å². The maximum atomic E-state index is 6.18. The number of rotatable bonds is 4. The van der Waals surface area contributed by atoms with Crippen molar-refractivity contribution < 1.29 is 0 Å². The lowest BCUT2D eigenvalue weighted by atomic mass is 10.1. The van der Waals surface area contributed by atoms with Crippen molar-refractivity contribution in [2.24, 2.45) is 4.99 Å². The van der Waals surface area contributed by atoms with Crippen LogP contribution in [0.25, 0.3) is 10.9 Å². The van der Waals surface area contributed by atoms with Crippen molar-refractivity contribution in [3.05, 3.63) is 76.9 Å². The number of nitrogens with zero attached hydrogens (tertiary/aromatic N) is 2. The van der Waals surface area contributed by atoms with Gasteiger partial charge in [0.2, 0.25) is 0 Å². The Hall–Kier alpha value is -1.86. The zero-order valence-electron chi connectivity index (χ0n) is 13.9. The van der Waals surface area contributed by atoms with Gasteiger partial charge in [-0.2, -0.15) is 0 Å². The summed E-state index contributed by atoms with van der Waals surface area (Å²) in [6.07, 6.45) is 1.82. The molecular weight excluding hydrogens is 447 g/mol. The Morgan fingerprint density at radius 1 is 0.960 bits per heavy atom. The number of nitrogens with one attached hydrogen (secondary N) is 2. The van der Waals surface area contributed by atoms with Crippen molar-refractivity contribution in [2.45, 2.75) is 13.1 Å². The number of aromatic nitrogens is 1. The van der Waals surface area contributed by atoms with Gasteiger partial charge in [0, 0.05) is 36.7 Å². The van der Waals surface area contributed by atoms with Crippen LogP contribution in [-0.4, -0.2) is 18.0 Å². The van der Waals surface area contributed by atoms with E-state index in [-0.39, 0.29) is 24.0 Å². The summed E-state index contributed by atoms with van der Waals surface area (Å²) in [5, 5.41) is 8.49. The Bertz CT molecular complexity index is 861. The van der Waals surface area contributed by atoms with Gasteiger partial charge in [-0.3, -0.25) is 9.98 Å². The Kier molecular flexibility index (Phi) is 7.46. The number of pyridine rings is 1. The fourth-order valence-corrected chi connectivity index (χ4v) is 2.73. The third kappa shape index (κ3) is 5.06. The first-order chi connectivity index (χ1) is 11.8. The molecule has 2 aromatic carbocycles. The summed E-state index contributed by atoms with van der Waals surface area (Å²) in [4.78, 5) is 8.73. The lowest BCUT2D eigenvalue weighted by molar-refractivity contribution is 0.811. The van der Waals surface area contributed by atoms with Crippen LogP contribution in [0.4, 0.5) is 0 Å². The van der Waals surface area contributed by atoms with Crippen molar-refractivity contribution in [3.8, 4) is 0 Å². The van der Waals surface area contributed by atoms with Crippen LogP contribution in [0.3, 0.4) is 0 Å². The number of aliphatic imine (C=N–C) groups is 1. The molecule has 4 nitrogen and oxygen atoms in total. The fraction of sp³-hybridized carbons (Fsp3) is 0.158. The van der Waals surface area contributed by atoms with E-state index in [2.05, 4.69) is 38.8 Å². The van der Waals surface area contributed by atoms with Crippen molar-refractivity contribution in [2.75, 3.05) is 7.05 Å². The summed E-state index contributed by atoms with van der Waals surface area (Å²) >= 11 is 6.18. The van der Waals surface area contributed by atoms with Gasteiger partial charge in [0.15, 0.2) is 5.96 Å². The lowest BCUT2D eigenvalue weighted by Crippen LogP contribution is -2.36. The molecule has 0 saturated carbocycles. The van der Waals surface area contributed by atoms with Gasteiger partial charge in [-0.25, -0.2) is 0 Å². The van der Waals surface area contributed by atoms with Crippen LogP contribution in [0.1, 0.15) is 11.1 Å². The van der Waals surface area contributed by atoms with Crippen molar-refractivity contribution in [1.29, 1.82) is 0 Å². The minimum absolute atomic E-state index is 0. The van der Waals surface area contributed by atoms with E-state index in [4.69, 9.17) is 11.6 Å².